The highest BCUT2D eigenvalue weighted by Gasteiger charge is 2.11. The smallest absolute Gasteiger partial charge is 0.414 e. The van der Waals surface area contributed by atoms with Gasteiger partial charge in [0.1, 0.15) is 11.5 Å². The van der Waals surface area contributed by atoms with Crippen molar-refractivity contribution in [3.63, 3.8) is 0 Å². The van der Waals surface area contributed by atoms with Crippen LogP contribution >= 0.6 is 0 Å². The third-order valence-electron chi connectivity index (χ3n) is 9.40. The maximum absolute atomic E-state index is 12.5. The number of nitrogens with zero attached hydrogens (tertiary/aromatic N) is 4. The van der Waals surface area contributed by atoms with Gasteiger partial charge in [-0.1, -0.05) is 74.9 Å². The normalized spacial score (nSPS) is 10.8. The van der Waals surface area contributed by atoms with Gasteiger partial charge in [-0.2, -0.15) is 0 Å². The zero-order chi connectivity index (χ0) is 40.1. The van der Waals surface area contributed by atoms with Crippen molar-refractivity contribution in [1.29, 1.82) is 0 Å². The summed E-state index contributed by atoms with van der Waals surface area (Å²) in [6, 6.07) is 16.3. The second-order valence-corrected chi connectivity index (χ2v) is 14.1. The first-order valence-corrected chi connectivity index (χ1v) is 19.4. The van der Waals surface area contributed by atoms with Crippen LogP contribution in [0.3, 0.4) is 0 Å². The number of rotatable bonds is 27. The number of benzene rings is 2. The number of carboxylic acids is 2. The van der Waals surface area contributed by atoms with Gasteiger partial charge in [0, 0.05) is 64.2 Å². The first kappa shape index (κ1) is 47.9. The van der Waals surface area contributed by atoms with Crippen LogP contribution < -0.4 is 9.47 Å². The van der Waals surface area contributed by atoms with Crippen LogP contribution in [0.25, 0.3) is 0 Å². The van der Waals surface area contributed by atoms with Crippen molar-refractivity contribution < 1.29 is 38.9 Å². The molecule has 0 unspecified atom stereocenters. The van der Waals surface area contributed by atoms with Crippen LogP contribution in [0.2, 0.25) is 0 Å². The number of carbonyl (C=O) groups excluding carboxylic acids is 2. The van der Waals surface area contributed by atoms with E-state index in [2.05, 4.69) is 48.2 Å². The van der Waals surface area contributed by atoms with E-state index in [1.165, 1.54) is 24.0 Å². The average molecular weight is 757 g/mol. The molecular formula is C42H68N4O8. The minimum Gasteiger partial charge on any atom is -0.496 e. The van der Waals surface area contributed by atoms with Crippen LogP contribution in [0.4, 0.5) is 0 Å². The standard InChI is InChI=1S/C40H66N4O4.C2H2O4/c1-41(33-35-23-15-17-25-37(35)47-5)29-19-11-13-27-39(45)43(3)31-21-9-7-8-10-22-32-44(4)40(46)28-14-12-20-30-42(2)34-36-24-16-18-26-38(36)48-6;3-1(4)2(5)6/h15-18,23-26H,7-14,19-22,27-34H2,1-6H3;(H,3,4)(H,5,6). The molecule has 12 heteroatoms. The lowest BCUT2D eigenvalue weighted by atomic mass is 10.1. The second-order valence-electron chi connectivity index (χ2n) is 14.1. The van der Waals surface area contributed by atoms with Crippen LogP contribution in [-0.2, 0) is 32.3 Å². The molecule has 304 valence electrons. The van der Waals surface area contributed by atoms with Gasteiger partial charge in [-0.15, -0.1) is 0 Å². The lowest BCUT2D eigenvalue weighted by Crippen LogP contribution is -2.27. The summed E-state index contributed by atoms with van der Waals surface area (Å²) in [5.41, 5.74) is 2.41. The van der Waals surface area contributed by atoms with Gasteiger partial charge < -0.3 is 39.3 Å². The van der Waals surface area contributed by atoms with Crippen LogP contribution in [-0.4, -0.2) is 122 Å². The molecule has 0 saturated carbocycles. The Morgan fingerprint density at radius 2 is 0.796 bits per heavy atom. The van der Waals surface area contributed by atoms with Crippen LogP contribution in [0.5, 0.6) is 11.5 Å². The van der Waals surface area contributed by atoms with E-state index in [0.29, 0.717) is 12.8 Å². The maximum Gasteiger partial charge on any atom is 0.414 e. The molecule has 12 nitrogen and oxygen atoms in total. The zero-order valence-corrected chi connectivity index (χ0v) is 33.9. The van der Waals surface area contributed by atoms with Gasteiger partial charge in [-0.25, -0.2) is 9.59 Å². The average Bonchev–Trinajstić information content (AvgIpc) is 3.15. The molecule has 2 aromatic carbocycles. The number of methoxy groups -OCH3 is 2. The Balaban J connectivity index is 0.00000223. The number of aliphatic carboxylic acids is 2. The van der Waals surface area contributed by atoms with Gasteiger partial charge in [0.25, 0.3) is 0 Å². The molecule has 0 heterocycles. The highest BCUT2D eigenvalue weighted by Crippen LogP contribution is 2.20. The summed E-state index contributed by atoms with van der Waals surface area (Å²) in [6.07, 6.45) is 14.3. The molecule has 0 spiro atoms. The fourth-order valence-corrected chi connectivity index (χ4v) is 6.11. The monoisotopic (exact) mass is 757 g/mol. The summed E-state index contributed by atoms with van der Waals surface area (Å²) in [4.78, 5) is 51.8. The largest absolute Gasteiger partial charge is 0.496 e. The molecule has 2 rings (SSSR count). The van der Waals surface area contributed by atoms with Crippen molar-refractivity contribution >= 4 is 23.8 Å². The van der Waals surface area contributed by atoms with Crippen molar-refractivity contribution in [2.75, 3.05) is 68.6 Å². The van der Waals surface area contributed by atoms with E-state index in [-0.39, 0.29) is 11.8 Å². The number of ether oxygens (including phenoxy) is 2. The number of carboxylic acid groups (broad SMARTS) is 2. The molecule has 0 aromatic heterocycles. The van der Waals surface area contributed by atoms with Gasteiger partial charge in [0.05, 0.1) is 14.2 Å². The molecule has 0 aliphatic heterocycles. The number of para-hydroxylation sites is 2. The van der Waals surface area contributed by atoms with Crippen molar-refractivity contribution in [3.05, 3.63) is 59.7 Å². The second kappa shape index (κ2) is 29.2. The Kier molecular flexibility index (Phi) is 25.9. The van der Waals surface area contributed by atoms with Crippen molar-refractivity contribution in [3.8, 4) is 11.5 Å². The molecular weight excluding hydrogens is 688 g/mol. The van der Waals surface area contributed by atoms with E-state index >= 15 is 0 Å². The Morgan fingerprint density at radius 3 is 1.15 bits per heavy atom. The van der Waals surface area contributed by atoms with Crippen LogP contribution in [0, 0.1) is 0 Å². The Hall–Kier alpha value is -4.16. The van der Waals surface area contributed by atoms with Gasteiger partial charge in [0.2, 0.25) is 11.8 Å². The number of unbranched alkanes of at least 4 members (excludes halogenated alkanes) is 9. The molecule has 0 radical (unpaired) electrons. The summed E-state index contributed by atoms with van der Waals surface area (Å²) in [6.45, 7) is 5.45. The predicted octanol–water partition coefficient (Wildman–Crippen LogP) is 6.80. The lowest BCUT2D eigenvalue weighted by Gasteiger charge is -2.19. The van der Waals surface area contributed by atoms with Crippen molar-refractivity contribution in [1.82, 2.24) is 19.6 Å². The highest BCUT2D eigenvalue weighted by atomic mass is 16.5. The number of hydrogen-bond acceptors (Lipinski definition) is 8. The quantitative estimate of drug-likeness (QED) is 0.0739. The topological polar surface area (TPSA) is 140 Å². The molecule has 0 bridgehead atoms. The van der Waals surface area contributed by atoms with E-state index < -0.39 is 11.9 Å². The summed E-state index contributed by atoms with van der Waals surface area (Å²) in [5, 5.41) is 14.8. The summed E-state index contributed by atoms with van der Waals surface area (Å²) in [7, 11) is 11.6. The van der Waals surface area contributed by atoms with Crippen LogP contribution in [0.1, 0.15) is 101 Å². The summed E-state index contributed by atoms with van der Waals surface area (Å²) < 4.78 is 10.9. The van der Waals surface area contributed by atoms with E-state index in [1.54, 1.807) is 14.2 Å². The molecule has 2 N–H and O–H groups in total. The highest BCUT2D eigenvalue weighted by molar-refractivity contribution is 6.27. The van der Waals surface area contributed by atoms with E-state index in [1.807, 2.05) is 48.2 Å². The molecule has 0 fully saturated rings. The zero-order valence-electron chi connectivity index (χ0n) is 33.9. The number of carbonyl (C=O) groups is 4. The molecule has 0 saturated heterocycles. The SMILES string of the molecule is COc1ccccc1CN(C)CCCCCC(=O)N(C)CCCCCCCCN(C)C(=O)CCCCCN(C)Cc1ccccc1OC.O=C(O)C(=O)O. The van der Waals surface area contributed by atoms with Crippen LogP contribution in [0.15, 0.2) is 48.5 Å². The first-order valence-electron chi connectivity index (χ1n) is 19.4. The van der Waals surface area contributed by atoms with Crippen molar-refractivity contribution in [2.45, 2.75) is 103 Å². The number of amides is 2. The third kappa shape index (κ3) is 22.1. The van der Waals surface area contributed by atoms with E-state index in [9.17, 15) is 9.59 Å². The minimum atomic E-state index is -1.82. The molecule has 2 aromatic rings. The fraction of sp³-hybridized carbons (Fsp3) is 0.619. The van der Waals surface area contributed by atoms with Crippen molar-refractivity contribution in [2.24, 2.45) is 0 Å². The molecule has 54 heavy (non-hydrogen) atoms. The molecule has 2 amide bonds. The molecule has 0 aliphatic rings. The van der Waals surface area contributed by atoms with Gasteiger partial charge in [-0.3, -0.25) is 9.59 Å². The molecule has 0 aliphatic carbocycles. The fourth-order valence-electron chi connectivity index (χ4n) is 6.11. The van der Waals surface area contributed by atoms with Gasteiger partial charge >= 0.3 is 11.9 Å². The van der Waals surface area contributed by atoms with Gasteiger partial charge in [0.15, 0.2) is 0 Å². The Morgan fingerprint density at radius 1 is 0.481 bits per heavy atom. The summed E-state index contributed by atoms with van der Waals surface area (Å²) in [5.74, 6) is -1.24. The third-order valence-corrected chi connectivity index (χ3v) is 9.40. The minimum absolute atomic E-state index is 0.265. The predicted molar refractivity (Wildman–Crippen MR) is 214 cm³/mol. The first-order chi connectivity index (χ1) is 25.9. The van der Waals surface area contributed by atoms with E-state index in [4.69, 9.17) is 29.3 Å². The Labute approximate surface area is 324 Å². The lowest BCUT2D eigenvalue weighted by molar-refractivity contribution is -0.159. The summed E-state index contributed by atoms with van der Waals surface area (Å²) >= 11 is 0. The Bertz CT molecular complexity index is 1260. The molecule has 0 atom stereocenters. The number of hydrogen-bond donors (Lipinski definition) is 2. The van der Waals surface area contributed by atoms with E-state index in [0.717, 1.165) is 115 Å². The van der Waals surface area contributed by atoms with Gasteiger partial charge in [-0.05, 0) is 77.8 Å². The maximum atomic E-state index is 12.5.